The first-order valence-electron chi connectivity index (χ1n) is 16.6. The maximum absolute atomic E-state index is 12.7. The molecule has 0 aromatic heterocycles. The smallest absolute Gasteiger partial charge is 0.265 e. The Morgan fingerprint density at radius 3 is 2.42 bits per heavy atom. The summed E-state index contributed by atoms with van der Waals surface area (Å²) >= 11 is 0. The molecule has 0 heterocycles. The molecule has 12 atom stereocenters. The van der Waals surface area contributed by atoms with Crippen LogP contribution in [0.1, 0.15) is 85.0 Å². The number of fused-ring (bicyclic) bond motifs is 5. The van der Waals surface area contributed by atoms with Gasteiger partial charge in [0.2, 0.25) is 5.91 Å². The van der Waals surface area contributed by atoms with Gasteiger partial charge in [-0.1, -0.05) is 20.8 Å². The van der Waals surface area contributed by atoms with Gasteiger partial charge in [-0.2, -0.15) is 8.42 Å². The molecule has 1 amide bonds. The van der Waals surface area contributed by atoms with Crippen molar-refractivity contribution in [3.8, 4) is 0 Å². The van der Waals surface area contributed by atoms with Crippen LogP contribution in [0.15, 0.2) is 0 Å². The highest BCUT2D eigenvalue weighted by Crippen LogP contribution is 2.68. The molecular formula is C32H59N2O8S+. The van der Waals surface area contributed by atoms with Crippen molar-refractivity contribution in [3.05, 3.63) is 0 Å². The fraction of sp³-hybridized carbons (Fsp3) is 0.969. The Morgan fingerprint density at radius 1 is 1.05 bits per heavy atom. The van der Waals surface area contributed by atoms with Crippen LogP contribution in [0.5, 0.6) is 0 Å². The third-order valence-electron chi connectivity index (χ3n) is 12.8. The van der Waals surface area contributed by atoms with E-state index in [1.807, 2.05) is 14.1 Å². The fourth-order valence-electron chi connectivity index (χ4n) is 10.4. The van der Waals surface area contributed by atoms with Crippen LogP contribution in [-0.2, 0) is 14.9 Å². The largest absolute Gasteiger partial charge is 0.393 e. The number of quaternary nitrogens is 1. The van der Waals surface area contributed by atoms with Crippen molar-refractivity contribution in [1.29, 1.82) is 0 Å². The van der Waals surface area contributed by atoms with Crippen LogP contribution in [0.4, 0.5) is 0 Å². The lowest BCUT2D eigenvalue weighted by Gasteiger charge is -2.63. The van der Waals surface area contributed by atoms with Gasteiger partial charge in [0.05, 0.1) is 44.7 Å². The number of hydrogen-bond acceptors (Lipinski definition) is 7. The second-order valence-corrected chi connectivity index (χ2v) is 17.6. The molecule has 0 bridgehead atoms. The molecule has 10 nitrogen and oxygen atoms in total. The predicted molar refractivity (Wildman–Crippen MR) is 164 cm³/mol. The van der Waals surface area contributed by atoms with E-state index in [1.54, 1.807) is 0 Å². The van der Waals surface area contributed by atoms with Gasteiger partial charge in [0.15, 0.2) is 0 Å². The minimum absolute atomic E-state index is 0.0476. The van der Waals surface area contributed by atoms with Crippen molar-refractivity contribution < 1.29 is 42.7 Å². The van der Waals surface area contributed by atoms with Gasteiger partial charge in [-0.25, -0.2) is 0 Å². The number of nitrogens with zero attached hydrogens (tertiary/aromatic N) is 1. The van der Waals surface area contributed by atoms with Crippen LogP contribution in [0.3, 0.4) is 0 Å². The van der Waals surface area contributed by atoms with Crippen LogP contribution in [0.25, 0.3) is 0 Å². The number of amides is 1. The maximum Gasteiger partial charge on any atom is 0.265 e. The molecule has 0 aromatic rings. The Morgan fingerprint density at radius 2 is 1.74 bits per heavy atom. The second-order valence-electron chi connectivity index (χ2n) is 16.0. The highest BCUT2D eigenvalue weighted by atomic mass is 32.2. The van der Waals surface area contributed by atoms with Crippen LogP contribution >= 0.6 is 0 Å². The van der Waals surface area contributed by atoms with Gasteiger partial charge in [0.25, 0.3) is 10.1 Å². The molecule has 4 rings (SSSR count). The number of carbonyl (C=O) groups excluding carboxylic acids is 1. The number of aliphatic hydroxyl groups excluding tert-OH is 4. The molecule has 4 aliphatic carbocycles. The number of nitrogens with one attached hydrogen (secondary N) is 1. The van der Waals surface area contributed by atoms with Crippen molar-refractivity contribution in [3.63, 3.8) is 0 Å². The zero-order chi connectivity index (χ0) is 32.0. The minimum atomic E-state index is -4.01. The third kappa shape index (κ3) is 7.60. The lowest BCUT2D eigenvalue weighted by molar-refractivity contribution is -0.893. The summed E-state index contributed by atoms with van der Waals surface area (Å²) in [5.41, 5.74) is -0.254. The zero-order valence-corrected chi connectivity index (χ0v) is 27.8. The average Bonchev–Trinajstić information content (AvgIpc) is 3.25. The van der Waals surface area contributed by atoms with Crippen molar-refractivity contribution in [2.75, 3.05) is 39.5 Å². The topological polar surface area (TPSA) is 164 Å². The Hall–Kier alpha value is -0.820. The molecule has 0 aromatic carbocycles. The van der Waals surface area contributed by atoms with E-state index in [2.05, 4.69) is 26.1 Å². The van der Waals surface area contributed by atoms with Gasteiger partial charge in [-0.05, 0) is 97.7 Å². The molecule has 0 spiro atoms. The van der Waals surface area contributed by atoms with Gasteiger partial charge < -0.3 is 30.2 Å². The van der Waals surface area contributed by atoms with Crippen LogP contribution < -0.4 is 5.32 Å². The molecule has 8 unspecified atom stereocenters. The van der Waals surface area contributed by atoms with Gasteiger partial charge >= 0.3 is 0 Å². The minimum Gasteiger partial charge on any atom is -0.393 e. The van der Waals surface area contributed by atoms with Crippen molar-refractivity contribution in [1.82, 2.24) is 5.32 Å². The van der Waals surface area contributed by atoms with Gasteiger partial charge in [-0.15, -0.1) is 0 Å². The van der Waals surface area contributed by atoms with Crippen LogP contribution in [0, 0.1) is 46.3 Å². The molecule has 250 valence electrons. The highest BCUT2D eigenvalue weighted by Gasteiger charge is 2.65. The monoisotopic (exact) mass is 631 g/mol. The Kier molecular flexibility index (Phi) is 10.7. The Balaban J connectivity index is 1.29. The molecule has 0 aliphatic heterocycles. The third-order valence-corrected chi connectivity index (χ3v) is 13.6. The number of rotatable bonds is 12. The summed E-state index contributed by atoms with van der Waals surface area (Å²) in [4.78, 5) is 12.7. The van der Waals surface area contributed by atoms with E-state index in [9.17, 15) is 33.6 Å². The molecule has 43 heavy (non-hydrogen) atoms. The summed E-state index contributed by atoms with van der Waals surface area (Å²) in [5, 5.41) is 46.9. The van der Waals surface area contributed by atoms with E-state index in [1.165, 1.54) is 0 Å². The first-order chi connectivity index (χ1) is 19.9. The number of likely N-dealkylation sites (N-methyl/N-ethyl adjacent to an activating group) is 1. The summed E-state index contributed by atoms with van der Waals surface area (Å²) in [6.07, 6.45) is 5.31. The SMILES string of the molecule is CC(CCC(=O)NCC(O)C[N+](C)(C)CCCS(=O)(=O)O)C1CC[C@H]2C3C(O)CC4C[C@H](O)CCC4(C)[C@H]3C[C@H](O)C12C. The normalized spacial score (nSPS) is 41.1. The van der Waals surface area contributed by atoms with Crippen molar-refractivity contribution >= 4 is 16.0 Å². The molecule has 4 saturated carbocycles. The summed E-state index contributed by atoms with van der Waals surface area (Å²) in [6.45, 7) is 7.69. The van der Waals surface area contributed by atoms with E-state index in [4.69, 9.17) is 4.55 Å². The summed E-state index contributed by atoms with van der Waals surface area (Å²) in [5.74, 6) is 1.03. The maximum atomic E-state index is 12.7. The molecule has 6 N–H and O–H groups in total. The first-order valence-corrected chi connectivity index (χ1v) is 18.2. The van der Waals surface area contributed by atoms with Crippen molar-refractivity contribution in [2.45, 2.75) is 109 Å². The van der Waals surface area contributed by atoms with E-state index in [0.717, 1.165) is 38.5 Å². The summed E-state index contributed by atoms with van der Waals surface area (Å²) < 4.78 is 31.2. The van der Waals surface area contributed by atoms with E-state index in [-0.39, 0.29) is 71.1 Å². The molecule has 0 saturated heterocycles. The first kappa shape index (κ1) is 35.0. The van der Waals surface area contributed by atoms with Crippen LogP contribution in [0.2, 0.25) is 0 Å². The zero-order valence-electron chi connectivity index (χ0n) is 27.0. The number of hydrogen-bond donors (Lipinski definition) is 6. The standard InChI is InChI=1S/C32H58N2O8S/c1-20(7-10-29(39)33-18-23(36)19-34(4,5)13-6-14-43(40,41)42)24-8-9-25-30-26(17-28(38)32(24,25)3)31(2)12-11-22(35)15-21(31)16-27(30)37/h20-28,30,35-38H,6-19H2,1-5H3,(H-,33,39,40,41,42)/p+1/t20?,21?,22-,23?,24?,25+,26+,27?,28+,30?,31?,32?/m1/s1. The van der Waals surface area contributed by atoms with Crippen molar-refractivity contribution in [2.24, 2.45) is 46.3 Å². The second kappa shape index (κ2) is 13.1. The highest BCUT2D eigenvalue weighted by molar-refractivity contribution is 7.85. The Bertz CT molecular complexity index is 1090. The lowest BCUT2D eigenvalue weighted by atomic mass is 9.43. The van der Waals surface area contributed by atoms with Gasteiger partial charge in [-0.3, -0.25) is 9.35 Å². The molecule has 4 aliphatic rings. The molecular weight excluding hydrogens is 572 g/mol. The van der Waals surface area contributed by atoms with Crippen LogP contribution in [-0.4, -0.2) is 108 Å². The lowest BCUT2D eigenvalue weighted by Crippen LogP contribution is -2.62. The Labute approximate surface area is 259 Å². The summed E-state index contributed by atoms with van der Waals surface area (Å²) in [7, 11) is -0.261. The fourth-order valence-corrected chi connectivity index (χ4v) is 10.9. The van der Waals surface area contributed by atoms with E-state index < -0.39 is 28.4 Å². The van der Waals surface area contributed by atoms with E-state index >= 15 is 0 Å². The quantitative estimate of drug-likeness (QED) is 0.141. The number of aliphatic hydroxyl groups is 4. The average molecular weight is 632 g/mol. The summed E-state index contributed by atoms with van der Waals surface area (Å²) in [6, 6.07) is 0. The molecule has 11 heteroatoms. The van der Waals surface area contributed by atoms with Gasteiger partial charge in [0, 0.05) is 19.4 Å². The predicted octanol–water partition coefficient (Wildman–Crippen LogP) is 2.20. The molecule has 0 radical (unpaired) electrons. The van der Waals surface area contributed by atoms with Gasteiger partial charge in [0.1, 0.15) is 12.6 Å². The number of carbonyl (C=O) groups is 1. The molecule has 4 fully saturated rings. The van der Waals surface area contributed by atoms with E-state index in [0.29, 0.717) is 42.8 Å².